The van der Waals surface area contributed by atoms with Gasteiger partial charge in [0.05, 0.1) is 35.8 Å². The molecule has 1 amide bonds. The van der Waals surface area contributed by atoms with Crippen molar-refractivity contribution in [2.24, 2.45) is 5.73 Å². The Morgan fingerprint density at radius 1 is 1.28 bits per heavy atom. The molecule has 2 N–H and O–H groups in total. The van der Waals surface area contributed by atoms with Gasteiger partial charge in [0, 0.05) is 0 Å². The summed E-state index contributed by atoms with van der Waals surface area (Å²) in [5, 5.41) is 1.83. The molecule has 2 rings (SSSR count). The molecule has 0 saturated heterocycles. The molecule has 1 aromatic heterocycles. The van der Waals surface area contributed by atoms with Crippen molar-refractivity contribution in [1.29, 1.82) is 0 Å². The molecule has 0 saturated carbocycles. The largest absolute Gasteiger partial charge is 0.364 e. The normalized spacial score (nSPS) is 20.7. The van der Waals surface area contributed by atoms with E-state index in [1.807, 2.05) is 32.8 Å². The molecule has 1 aliphatic rings. The van der Waals surface area contributed by atoms with Crippen molar-refractivity contribution in [3.63, 3.8) is 0 Å². The number of aromatic nitrogens is 2. The van der Waals surface area contributed by atoms with Crippen molar-refractivity contribution in [1.82, 2.24) is 15.0 Å². The smallest absolute Gasteiger partial charge is 0.268 e. The molecule has 1 aliphatic heterocycles. The van der Waals surface area contributed by atoms with E-state index < -0.39 is 17.0 Å². The lowest BCUT2D eigenvalue weighted by Gasteiger charge is -2.37. The van der Waals surface area contributed by atoms with Crippen molar-refractivity contribution in [3.05, 3.63) is 23.3 Å². The van der Waals surface area contributed by atoms with E-state index in [1.165, 1.54) is 6.20 Å². The van der Waals surface area contributed by atoms with Gasteiger partial charge in [0.15, 0.2) is 0 Å². The summed E-state index contributed by atoms with van der Waals surface area (Å²) in [6.07, 6.45) is 1.41. The molecular weight excluding hydrogens is 232 g/mol. The molecule has 0 aromatic carbocycles. The first-order valence-electron chi connectivity index (χ1n) is 5.75. The molecule has 0 fully saturated rings. The lowest BCUT2D eigenvalue weighted by Crippen LogP contribution is -2.44. The highest BCUT2D eigenvalue weighted by Gasteiger charge is 2.52. The predicted octanol–water partition coefficient (Wildman–Crippen LogP) is 0.923. The molecule has 6 heteroatoms. The number of nitrogens with two attached hydrogens (primary N) is 1. The highest BCUT2D eigenvalue weighted by Crippen LogP contribution is 2.47. The van der Waals surface area contributed by atoms with Gasteiger partial charge in [-0.3, -0.25) is 9.78 Å². The van der Waals surface area contributed by atoms with Gasteiger partial charge < -0.3 is 10.6 Å². The van der Waals surface area contributed by atoms with Crippen LogP contribution in [0.4, 0.5) is 0 Å². The first-order valence-corrected chi connectivity index (χ1v) is 5.75. The van der Waals surface area contributed by atoms with Crippen molar-refractivity contribution >= 4 is 5.91 Å². The van der Waals surface area contributed by atoms with E-state index in [-0.39, 0.29) is 5.69 Å². The number of fused-ring (bicyclic) bond motifs is 1. The summed E-state index contributed by atoms with van der Waals surface area (Å²) in [5.74, 6) is -0.574. The SMILES string of the molecule is CON1C(C)(C)c2ncc(C(N)=O)nc2C1(C)C. The number of carbonyl (C=O) groups excluding carboxylic acids is 1. The molecule has 18 heavy (non-hydrogen) atoms. The van der Waals surface area contributed by atoms with Crippen molar-refractivity contribution in [3.8, 4) is 0 Å². The van der Waals surface area contributed by atoms with E-state index in [1.54, 1.807) is 7.11 Å². The fourth-order valence-electron chi connectivity index (χ4n) is 2.73. The first-order chi connectivity index (χ1) is 8.22. The number of carbonyl (C=O) groups is 1. The Hall–Kier alpha value is -1.53. The summed E-state index contributed by atoms with van der Waals surface area (Å²) in [5.41, 5.74) is 6.08. The quantitative estimate of drug-likeness (QED) is 0.844. The second-order valence-electron chi connectivity index (χ2n) is 5.41. The molecule has 0 unspecified atom stereocenters. The van der Waals surface area contributed by atoms with E-state index in [0.29, 0.717) is 0 Å². The number of hydrogen-bond acceptors (Lipinski definition) is 5. The van der Waals surface area contributed by atoms with Crippen LogP contribution in [0, 0.1) is 0 Å². The van der Waals surface area contributed by atoms with E-state index in [2.05, 4.69) is 9.97 Å². The van der Waals surface area contributed by atoms with Gasteiger partial charge in [0.2, 0.25) is 0 Å². The molecule has 0 bridgehead atoms. The average Bonchev–Trinajstić information content (AvgIpc) is 2.42. The Bertz CT molecular complexity index is 511. The third-order valence-electron chi connectivity index (χ3n) is 3.38. The topological polar surface area (TPSA) is 81.3 Å². The summed E-state index contributed by atoms with van der Waals surface area (Å²) >= 11 is 0. The van der Waals surface area contributed by atoms with Gasteiger partial charge in [-0.05, 0) is 27.7 Å². The van der Waals surface area contributed by atoms with Gasteiger partial charge in [-0.1, -0.05) is 0 Å². The van der Waals surface area contributed by atoms with Gasteiger partial charge in [0.1, 0.15) is 5.69 Å². The Balaban J connectivity index is 2.67. The summed E-state index contributed by atoms with van der Waals surface area (Å²) in [6.45, 7) is 7.96. The predicted molar refractivity (Wildman–Crippen MR) is 65.4 cm³/mol. The lowest BCUT2D eigenvalue weighted by molar-refractivity contribution is -0.242. The zero-order valence-electron chi connectivity index (χ0n) is 11.3. The maximum Gasteiger partial charge on any atom is 0.268 e. The highest BCUT2D eigenvalue weighted by molar-refractivity contribution is 5.90. The van der Waals surface area contributed by atoms with Gasteiger partial charge >= 0.3 is 0 Å². The van der Waals surface area contributed by atoms with Crippen LogP contribution in [0.2, 0.25) is 0 Å². The van der Waals surface area contributed by atoms with E-state index in [4.69, 9.17) is 10.6 Å². The number of nitrogens with zero attached hydrogens (tertiary/aromatic N) is 3. The van der Waals surface area contributed by atoms with Crippen LogP contribution >= 0.6 is 0 Å². The van der Waals surface area contributed by atoms with Crippen LogP contribution in [0.25, 0.3) is 0 Å². The zero-order chi connectivity index (χ0) is 13.7. The van der Waals surface area contributed by atoms with Crippen LogP contribution in [-0.4, -0.2) is 28.0 Å². The maximum absolute atomic E-state index is 11.2. The Labute approximate surface area is 106 Å². The van der Waals surface area contributed by atoms with Crippen LogP contribution in [0.1, 0.15) is 49.6 Å². The molecule has 0 spiro atoms. The standard InChI is InChI=1S/C12H18N4O2/c1-11(2)8-9(12(3,4)16(11)18-5)15-7(6-14-8)10(13)17/h6H,1-5H3,(H2,13,17). The maximum atomic E-state index is 11.2. The Kier molecular flexibility index (Phi) is 2.68. The minimum Gasteiger partial charge on any atom is -0.364 e. The van der Waals surface area contributed by atoms with Crippen LogP contribution in [0.15, 0.2) is 6.20 Å². The van der Waals surface area contributed by atoms with Crippen LogP contribution in [0.3, 0.4) is 0 Å². The number of rotatable bonds is 2. The second-order valence-corrected chi connectivity index (χ2v) is 5.41. The third-order valence-corrected chi connectivity index (χ3v) is 3.38. The fourth-order valence-corrected chi connectivity index (χ4v) is 2.73. The third kappa shape index (κ3) is 1.53. The summed E-state index contributed by atoms with van der Waals surface area (Å²) in [7, 11) is 1.62. The summed E-state index contributed by atoms with van der Waals surface area (Å²) < 4.78 is 0. The number of amides is 1. The van der Waals surface area contributed by atoms with Crippen LogP contribution in [-0.2, 0) is 15.9 Å². The summed E-state index contributed by atoms with van der Waals surface area (Å²) in [4.78, 5) is 25.3. The van der Waals surface area contributed by atoms with Gasteiger partial charge in [-0.2, -0.15) is 5.06 Å². The lowest BCUT2D eigenvalue weighted by atomic mass is 10.0. The highest BCUT2D eigenvalue weighted by atomic mass is 16.7. The van der Waals surface area contributed by atoms with Gasteiger partial charge in [0.25, 0.3) is 5.91 Å². The zero-order valence-corrected chi connectivity index (χ0v) is 11.3. The molecule has 6 nitrogen and oxygen atoms in total. The molecule has 0 aliphatic carbocycles. The molecule has 0 radical (unpaired) electrons. The second kappa shape index (κ2) is 3.73. The van der Waals surface area contributed by atoms with Gasteiger partial charge in [-0.25, -0.2) is 4.98 Å². The first kappa shape index (κ1) is 12.9. The number of hydrogen-bond donors (Lipinski definition) is 1. The molecule has 98 valence electrons. The summed E-state index contributed by atoms with van der Waals surface area (Å²) in [6, 6.07) is 0. The van der Waals surface area contributed by atoms with Gasteiger partial charge in [-0.15, -0.1) is 0 Å². The number of primary amides is 1. The van der Waals surface area contributed by atoms with E-state index >= 15 is 0 Å². The Morgan fingerprint density at radius 2 is 1.83 bits per heavy atom. The van der Waals surface area contributed by atoms with Crippen molar-refractivity contribution in [2.75, 3.05) is 7.11 Å². The van der Waals surface area contributed by atoms with E-state index in [9.17, 15) is 4.79 Å². The number of hydroxylamine groups is 2. The molecular formula is C12H18N4O2. The Morgan fingerprint density at radius 3 is 2.33 bits per heavy atom. The van der Waals surface area contributed by atoms with Crippen molar-refractivity contribution in [2.45, 2.75) is 38.8 Å². The minimum atomic E-state index is -0.574. The monoisotopic (exact) mass is 250 g/mol. The van der Waals surface area contributed by atoms with Crippen LogP contribution < -0.4 is 5.73 Å². The van der Waals surface area contributed by atoms with E-state index in [0.717, 1.165) is 11.4 Å². The fraction of sp³-hybridized carbons (Fsp3) is 0.583. The minimum absolute atomic E-state index is 0.176. The van der Waals surface area contributed by atoms with Crippen LogP contribution in [0.5, 0.6) is 0 Å². The van der Waals surface area contributed by atoms with Crippen molar-refractivity contribution < 1.29 is 9.63 Å². The average molecular weight is 250 g/mol. The molecule has 0 atom stereocenters. The molecule has 2 heterocycles. The molecule has 1 aromatic rings.